The monoisotopic (exact) mass is 268 g/mol. The number of amides is 1. The van der Waals surface area contributed by atoms with Gasteiger partial charge in [-0.25, -0.2) is 0 Å². The molecule has 5 heteroatoms. The summed E-state index contributed by atoms with van der Waals surface area (Å²) in [5.41, 5.74) is 6.17. The SMILES string of the molecule is CCCC(C)NC(=O)CS(=O)c1cccc(N)c1. The summed E-state index contributed by atoms with van der Waals surface area (Å²) in [5.74, 6) is -0.200. The summed E-state index contributed by atoms with van der Waals surface area (Å²) < 4.78 is 11.9. The highest BCUT2D eigenvalue weighted by molar-refractivity contribution is 7.85. The highest BCUT2D eigenvalue weighted by Crippen LogP contribution is 2.11. The fourth-order valence-electron chi connectivity index (χ4n) is 1.68. The minimum atomic E-state index is -1.34. The van der Waals surface area contributed by atoms with Gasteiger partial charge >= 0.3 is 0 Å². The van der Waals surface area contributed by atoms with E-state index in [-0.39, 0.29) is 17.7 Å². The predicted octanol–water partition coefficient (Wildman–Crippen LogP) is 1.68. The molecule has 0 aliphatic carbocycles. The Morgan fingerprint density at radius 1 is 1.50 bits per heavy atom. The summed E-state index contributed by atoms with van der Waals surface area (Å²) in [7, 11) is -1.34. The van der Waals surface area contributed by atoms with Crippen molar-refractivity contribution in [3.8, 4) is 0 Å². The van der Waals surface area contributed by atoms with Crippen molar-refractivity contribution in [3.63, 3.8) is 0 Å². The molecule has 0 aliphatic heterocycles. The Bertz CT molecular complexity index is 435. The van der Waals surface area contributed by atoms with Gasteiger partial charge in [0.25, 0.3) is 0 Å². The minimum Gasteiger partial charge on any atom is -0.399 e. The average molecular weight is 268 g/mol. The van der Waals surface area contributed by atoms with Gasteiger partial charge in [0.2, 0.25) is 5.91 Å². The molecule has 100 valence electrons. The summed E-state index contributed by atoms with van der Waals surface area (Å²) in [5, 5.41) is 2.83. The molecule has 0 saturated heterocycles. The normalized spacial score (nSPS) is 13.9. The van der Waals surface area contributed by atoms with Crippen molar-refractivity contribution in [2.75, 3.05) is 11.5 Å². The van der Waals surface area contributed by atoms with Crippen LogP contribution in [0.5, 0.6) is 0 Å². The zero-order valence-electron chi connectivity index (χ0n) is 10.8. The molecule has 3 N–H and O–H groups in total. The molecule has 0 bridgehead atoms. The lowest BCUT2D eigenvalue weighted by Gasteiger charge is -2.12. The van der Waals surface area contributed by atoms with Crippen molar-refractivity contribution in [1.82, 2.24) is 5.32 Å². The van der Waals surface area contributed by atoms with Gasteiger partial charge in [-0.1, -0.05) is 19.4 Å². The summed E-state index contributed by atoms with van der Waals surface area (Å²) in [6, 6.07) is 6.94. The summed E-state index contributed by atoms with van der Waals surface area (Å²) in [6.07, 6.45) is 1.94. The fraction of sp³-hybridized carbons (Fsp3) is 0.462. The van der Waals surface area contributed by atoms with Gasteiger partial charge in [-0.2, -0.15) is 0 Å². The zero-order valence-corrected chi connectivity index (χ0v) is 11.6. The van der Waals surface area contributed by atoms with Crippen LogP contribution in [0.2, 0.25) is 0 Å². The van der Waals surface area contributed by atoms with Crippen LogP contribution in [0.3, 0.4) is 0 Å². The number of carbonyl (C=O) groups excluding carboxylic acids is 1. The number of nitrogen functional groups attached to an aromatic ring is 1. The topological polar surface area (TPSA) is 72.2 Å². The first-order valence-electron chi connectivity index (χ1n) is 6.06. The Morgan fingerprint density at radius 2 is 2.22 bits per heavy atom. The lowest BCUT2D eigenvalue weighted by Crippen LogP contribution is -2.35. The average Bonchev–Trinajstić information content (AvgIpc) is 2.28. The van der Waals surface area contributed by atoms with E-state index < -0.39 is 10.8 Å². The maximum Gasteiger partial charge on any atom is 0.233 e. The minimum absolute atomic E-state index is 0.0164. The predicted molar refractivity (Wildman–Crippen MR) is 74.6 cm³/mol. The lowest BCUT2D eigenvalue weighted by molar-refractivity contribution is -0.119. The van der Waals surface area contributed by atoms with E-state index >= 15 is 0 Å². The highest BCUT2D eigenvalue weighted by atomic mass is 32.2. The van der Waals surface area contributed by atoms with Crippen LogP contribution < -0.4 is 11.1 Å². The summed E-state index contributed by atoms with van der Waals surface area (Å²) in [4.78, 5) is 12.3. The molecule has 0 heterocycles. The number of anilines is 1. The van der Waals surface area contributed by atoms with Crippen LogP contribution in [-0.4, -0.2) is 21.9 Å². The second-order valence-corrected chi connectivity index (χ2v) is 5.77. The van der Waals surface area contributed by atoms with Crippen molar-refractivity contribution in [2.45, 2.75) is 37.6 Å². The molecular weight excluding hydrogens is 248 g/mol. The van der Waals surface area contributed by atoms with Gasteiger partial charge < -0.3 is 11.1 Å². The quantitative estimate of drug-likeness (QED) is 0.771. The van der Waals surface area contributed by atoms with Crippen LogP contribution in [0.1, 0.15) is 26.7 Å². The number of carbonyl (C=O) groups is 1. The van der Waals surface area contributed by atoms with Gasteiger partial charge in [-0.05, 0) is 31.5 Å². The summed E-state index contributed by atoms with van der Waals surface area (Å²) >= 11 is 0. The molecule has 1 amide bonds. The molecule has 1 aromatic carbocycles. The third-order valence-corrected chi connectivity index (χ3v) is 3.82. The van der Waals surface area contributed by atoms with Crippen molar-refractivity contribution in [2.24, 2.45) is 0 Å². The molecule has 4 nitrogen and oxygen atoms in total. The Balaban J connectivity index is 2.52. The van der Waals surface area contributed by atoms with Gasteiger partial charge in [-0.3, -0.25) is 9.00 Å². The molecule has 1 rings (SSSR count). The van der Waals surface area contributed by atoms with Crippen molar-refractivity contribution in [1.29, 1.82) is 0 Å². The second kappa shape index (κ2) is 7.16. The van der Waals surface area contributed by atoms with Gasteiger partial charge in [0.05, 0.1) is 10.8 Å². The third-order valence-electron chi connectivity index (χ3n) is 2.51. The van der Waals surface area contributed by atoms with Crippen LogP contribution in [-0.2, 0) is 15.6 Å². The molecule has 0 fully saturated rings. The van der Waals surface area contributed by atoms with Gasteiger partial charge in [0.1, 0.15) is 5.75 Å². The van der Waals surface area contributed by atoms with Gasteiger partial charge in [-0.15, -0.1) is 0 Å². The van der Waals surface area contributed by atoms with E-state index in [0.717, 1.165) is 12.8 Å². The standard InChI is InChI=1S/C13H20N2O2S/c1-3-5-10(2)15-13(16)9-18(17)12-7-4-6-11(14)8-12/h4,6-8,10H,3,5,9,14H2,1-2H3,(H,15,16). The zero-order chi connectivity index (χ0) is 13.5. The van der Waals surface area contributed by atoms with Crippen molar-refractivity contribution >= 4 is 22.4 Å². The lowest BCUT2D eigenvalue weighted by atomic mass is 10.2. The summed E-state index contributed by atoms with van der Waals surface area (Å²) in [6.45, 7) is 4.01. The van der Waals surface area contributed by atoms with Crippen molar-refractivity contribution in [3.05, 3.63) is 24.3 Å². The molecule has 1 aromatic rings. The molecule has 0 saturated carbocycles. The number of hydrogen-bond donors (Lipinski definition) is 2. The number of nitrogens with two attached hydrogens (primary N) is 1. The molecule has 0 spiro atoms. The Labute approximate surface area is 110 Å². The van der Waals surface area contributed by atoms with E-state index in [9.17, 15) is 9.00 Å². The fourth-order valence-corrected chi connectivity index (χ4v) is 2.67. The molecule has 18 heavy (non-hydrogen) atoms. The Hall–Kier alpha value is -1.36. The molecule has 2 atom stereocenters. The Morgan fingerprint density at radius 3 is 2.83 bits per heavy atom. The maximum atomic E-state index is 11.9. The first-order chi connectivity index (χ1) is 8.52. The van der Waals surface area contributed by atoms with Crippen molar-refractivity contribution < 1.29 is 9.00 Å². The molecule has 0 aliphatic rings. The van der Waals surface area contributed by atoms with Crippen LogP contribution in [0.4, 0.5) is 5.69 Å². The number of benzene rings is 1. The molecular formula is C13H20N2O2S. The van der Waals surface area contributed by atoms with E-state index in [4.69, 9.17) is 5.73 Å². The van der Waals surface area contributed by atoms with Crippen LogP contribution in [0, 0.1) is 0 Å². The first kappa shape index (κ1) is 14.7. The second-order valence-electron chi connectivity index (χ2n) is 4.32. The van der Waals surface area contributed by atoms with E-state index in [0.29, 0.717) is 10.6 Å². The molecule has 0 radical (unpaired) electrons. The first-order valence-corrected chi connectivity index (χ1v) is 7.38. The van der Waals surface area contributed by atoms with E-state index in [2.05, 4.69) is 12.2 Å². The largest absolute Gasteiger partial charge is 0.399 e. The molecule has 2 unspecified atom stereocenters. The molecule has 0 aromatic heterocycles. The van der Waals surface area contributed by atoms with Crippen LogP contribution in [0.15, 0.2) is 29.2 Å². The van der Waals surface area contributed by atoms with E-state index in [1.807, 2.05) is 6.92 Å². The number of rotatable bonds is 6. The Kier molecular flexibility index (Phi) is 5.85. The third kappa shape index (κ3) is 4.87. The number of nitrogens with one attached hydrogen (secondary N) is 1. The van der Waals surface area contributed by atoms with Crippen LogP contribution >= 0.6 is 0 Å². The van der Waals surface area contributed by atoms with Gasteiger partial charge in [0, 0.05) is 16.6 Å². The van der Waals surface area contributed by atoms with E-state index in [1.165, 1.54) is 0 Å². The highest BCUT2D eigenvalue weighted by Gasteiger charge is 2.12. The smallest absolute Gasteiger partial charge is 0.233 e. The van der Waals surface area contributed by atoms with Crippen LogP contribution in [0.25, 0.3) is 0 Å². The number of hydrogen-bond acceptors (Lipinski definition) is 3. The maximum absolute atomic E-state index is 11.9. The van der Waals surface area contributed by atoms with Gasteiger partial charge in [0.15, 0.2) is 0 Å². The van der Waals surface area contributed by atoms with E-state index in [1.54, 1.807) is 24.3 Å².